The highest BCUT2D eigenvalue weighted by atomic mass is 19.3. The lowest BCUT2D eigenvalue weighted by Gasteiger charge is -2.40. The Kier molecular flexibility index (Phi) is 5.74. The molecule has 4 unspecified atom stereocenters. The van der Waals surface area contributed by atoms with E-state index in [1.54, 1.807) is 11.5 Å². The van der Waals surface area contributed by atoms with Gasteiger partial charge in [0.05, 0.1) is 6.04 Å². The monoisotopic (exact) mass is 519 g/mol. The third-order valence-corrected chi connectivity index (χ3v) is 8.36. The standard InChI is InChI=1S/C29H41F2N5O/c1-19(2)27-34-33-20(3)36(27)25-17-23-9-10-24(18-25)35(23)16-13-26(21-7-5-4-6-8-21)32-28(37)22-11-14-29(30,31)15-12-22/h4-8,19,22-26H,9-18H2,1-3H3,(H,32,37)/i1D3,16D2,19D. The van der Waals surface area contributed by atoms with Crippen LogP contribution in [0.25, 0.3) is 0 Å². The number of nitrogens with zero attached hydrogens (tertiary/aromatic N) is 4. The molecule has 1 amide bonds. The molecule has 2 aliphatic heterocycles. The van der Waals surface area contributed by atoms with Crippen molar-refractivity contribution in [2.45, 2.75) is 114 Å². The van der Waals surface area contributed by atoms with Crippen LogP contribution in [0.3, 0.4) is 0 Å². The van der Waals surface area contributed by atoms with E-state index in [9.17, 15) is 16.3 Å². The number of hydrogen-bond donors (Lipinski definition) is 1. The molecule has 1 aromatic heterocycles. The maximum absolute atomic E-state index is 13.7. The van der Waals surface area contributed by atoms with E-state index in [2.05, 4.69) is 15.5 Å². The van der Waals surface area contributed by atoms with Crippen molar-refractivity contribution in [1.29, 1.82) is 0 Å². The number of carbonyl (C=O) groups excluding carboxylic acids is 1. The van der Waals surface area contributed by atoms with Crippen LogP contribution in [-0.2, 0) is 4.79 Å². The molecule has 6 nitrogen and oxygen atoms in total. The molecule has 8 heteroatoms. The van der Waals surface area contributed by atoms with E-state index in [1.807, 2.05) is 35.2 Å². The van der Waals surface area contributed by atoms with Gasteiger partial charge in [0.1, 0.15) is 11.6 Å². The fourth-order valence-corrected chi connectivity index (χ4v) is 6.41. The van der Waals surface area contributed by atoms with Gasteiger partial charge in [0.2, 0.25) is 11.8 Å². The first-order valence-electron chi connectivity index (χ1n) is 16.4. The number of carbonyl (C=O) groups is 1. The van der Waals surface area contributed by atoms with Crippen LogP contribution < -0.4 is 5.32 Å². The van der Waals surface area contributed by atoms with Crippen molar-refractivity contribution >= 4 is 5.91 Å². The Balaban J connectivity index is 1.34. The molecule has 2 saturated heterocycles. The van der Waals surface area contributed by atoms with Crippen LogP contribution in [0.15, 0.2) is 30.3 Å². The van der Waals surface area contributed by atoms with Crippen LogP contribution in [0.5, 0.6) is 0 Å². The zero-order valence-electron chi connectivity index (χ0n) is 27.6. The summed E-state index contributed by atoms with van der Waals surface area (Å²) in [6, 6.07) is 8.12. The number of aryl methyl sites for hydroxylation is 1. The van der Waals surface area contributed by atoms with Crippen LogP contribution in [0.2, 0.25) is 0 Å². The van der Waals surface area contributed by atoms with E-state index in [4.69, 9.17) is 5.48 Å². The summed E-state index contributed by atoms with van der Waals surface area (Å²) < 4.78 is 80.1. The second-order valence-electron chi connectivity index (χ2n) is 10.9. The van der Waals surface area contributed by atoms with Crippen molar-refractivity contribution in [1.82, 2.24) is 25.0 Å². The summed E-state index contributed by atoms with van der Waals surface area (Å²) in [5.41, 5.74) is 0.757. The molecule has 37 heavy (non-hydrogen) atoms. The molecular formula is C29H41F2N5O. The number of halogens is 2. The molecule has 2 bridgehead atoms. The second-order valence-corrected chi connectivity index (χ2v) is 10.9. The number of rotatable bonds is 8. The minimum atomic E-state index is -2.74. The largest absolute Gasteiger partial charge is 0.349 e. The molecule has 1 N–H and O–H groups in total. The van der Waals surface area contributed by atoms with Crippen LogP contribution >= 0.6 is 0 Å². The number of nitrogens with one attached hydrogen (secondary N) is 1. The van der Waals surface area contributed by atoms with Crippen molar-refractivity contribution in [2.24, 2.45) is 5.92 Å². The quantitative estimate of drug-likeness (QED) is 0.468. The van der Waals surface area contributed by atoms with Gasteiger partial charge in [-0.15, -0.1) is 10.2 Å². The lowest BCUT2D eigenvalue weighted by molar-refractivity contribution is -0.130. The average molecular weight is 520 g/mol. The van der Waals surface area contributed by atoms with E-state index in [0.717, 1.165) is 18.4 Å². The highest BCUT2D eigenvalue weighted by Gasteiger charge is 2.42. The summed E-state index contributed by atoms with van der Waals surface area (Å²) in [5.74, 6) is -4.90. The highest BCUT2D eigenvalue weighted by Crippen LogP contribution is 2.42. The lowest BCUT2D eigenvalue weighted by Crippen LogP contribution is -2.45. The number of hydrogen-bond acceptors (Lipinski definition) is 4. The van der Waals surface area contributed by atoms with E-state index >= 15 is 0 Å². The Morgan fingerprint density at radius 1 is 1.16 bits per heavy atom. The molecule has 4 atom stereocenters. The molecule has 0 spiro atoms. The second kappa shape index (κ2) is 10.8. The molecule has 5 rings (SSSR count). The number of benzene rings is 1. The fraction of sp³-hybridized carbons (Fsp3) is 0.690. The maximum atomic E-state index is 13.7. The molecule has 202 valence electrons. The average Bonchev–Trinajstić information content (AvgIpc) is 3.45. The predicted molar refractivity (Wildman–Crippen MR) is 139 cm³/mol. The smallest absolute Gasteiger partial charge is 0.248 e. The zero-order valence-corrected chi connectivity index (χ0v) is 21.6. The molecule has 1 aliphatic carbocycles. The summed E-state index contributed by atoms with van der Waals surface area (Å²) in [6.45, 7) is -1.31. The van der Waals surface area contributed by atoms with Crippen LogP contribution in [0, 0.1) is 12.8 Å². The molecule has 3 heterocycles. The molecule has 1 aromatic carbocycles. The third-order valence-electron chi connectivity index (χ3n) is 8.36. The van der Waals surface area contributed by atoms with E-state index in [0.29, 0.717) is 18.7 Å². The maximum Gasteiger partial charge on any atom is 0.248 e. The molecule has 2 aromatic rings. The number of fused-ring (bicyclic) bond motifs is 2. The Morgan fingerprint density at radius 3 is 2.49 bits per heavy atom. The fourth-order valence-electron chi connectivity index (χ4n) is 6.41. The zero-order chi connectivity index (χ0) is 31.4. The van der Waals surface area contributed by atoms with Gasteiger partial charge in [-0.3, -0.25) is 9.69 Å². The van der Waals surface area contributed by atoms with E-state index in [-0.39, 0.29) is 62.0 Å². The Labute approximate surface area is 227 Å². The number of amides is 1. The van der Waals surface area contributed by atoms with Crippen molar-refractivity contribution in [3.63, 3.8) is 0 Å². The van der Waals surface area contributed by atoms with Gasteiger partial charge in [-0.2, -0.15) is 0 Å². The minimum Gasteiger partial charge on any atom is -0.349 e. The highest BCUT2D eigenvalue weighted by molar-refractivity contribution is 5.79. The Bertz CT molecular complexity index is 1280. The van der Waals surface area contributed by atoms with Gasteiger partial charge in [-0.25, -0.2) is 8.78 Å². The van der Waals surface area contributed by atoms with Crippen LogP contribution in [-0.4, -0.2) is 50.1 Å². The van der Waals surface area contributed by atoms with E-state index < -0.39 is 37.1 Å². The van der Waals surface area contributed by atoms with Crippen LogP contribution in [0.4, 0.5) is 8.78 Å². The summed E-state index contributed by atoms with van der Waals surface area (Å²) >= 11 is 0. The van der Waals surface area contributed by atoms with Crippen molar-refractivity contribution in [3.8, 4) is 0 Å². The minimum absolute atomic E-state index is 0.00987. The van der Waals surface area contributed by atoms with Crippen LogP contribution in [0.1, 0.15) is 115 Å². The molecule has 1 saturated carbocycles. The summed E-state index contributed by atoms with van der Waals surface area (Å²) in [5, 5.41) is 11.2. The van der Waals surface area contributed by atoms with Gasteiger partial charge in [0.25, 0.3) is 0 Å². The summed E-state index contributed by atoms with van der Waals surface area (Å²) in [7, 11) is 0. The third kappa shape index (κ3) is 5.74. The number of aromatic nitrogens is 3. The molecular weight excluding hydrogens is 472 g/mol. The van der Waals surface area contributed by atoms with Gasteiger partial charge in [0.15, 0.2) is 0 Å². The summed E-state index contributed by atoms with van der Waals surface area (Å²) in [6.07, 6.45) is 2.21. The topological polar surface area (TPSA) is 63.1 Å². The molecule has 0 radical (unpaired) electrons. The molecule has 3 aliphatic rings. The number of alkyl halides is 2. The number of piperidine rings is 1. The van der Waals surface area contributed by atoms with E-state index in [1.165, 1.54) is 6.92 Å². The van der Waals surface area contributed by atoms with Gasteiger partial charge in [-0.1, -0.05) is 44.1 Å². The summed E-state index contributed by atoms with van der Waals surface area (Å²) in [4.78, 5) is 15.1. The van der Waals surface area contributed by atoms with Crippen molar-refractivity contribution in [3.05, 3.63) is 47.5 Å². The first-order chi connectivity index (χ1) is 20.0. The Hall–Kier alpha value is -2.35. The van der Waals surface area contributed by atoms with Gasteiger partial charge in [0, 0.05) is 57.5 Å². The molecule has 3 fully saturated rings. The lowest BCUT2D eigenvalue weighted by atomic mass is 9.86. The van der Waals surface area contributed by atoms with Crippen molar-refractivity contribution in [2.75, 3.05) is 6.50 Å². The first-order valence-corrected chi connectivity index (χ1v) is 13.4. The van der Waals surface area contributed by atoms with Crippen molar-refractivity contribution < 1.29 is 21.8 Å². The first kappa shape index (κ1) is 19.7. The SMILES string of the molecule is [2H]C([2H])(CC(NC(=O)C1CCC(F)(F)CC1)c1ccccc1)N1C2CCC1CC(n1c(C)nnc1C([2H])(C)C([2H])([2H])[2H])C2. The van der Waals surface area contributed by atoms with Gasteiger partial charge >= 0.3 is 0 Å². The predicted octanol–water partition coefficient (Wildman–Crippen LogP) is 5.95. The van der Waals surface area contributed by atoms with Gasteiger partial charge < -0.3 is 9.88 Å². The van der Waals surface area contributed by atoms with Gasteiger partial charge in [-0.05, 0) is 57.4 Å². The normalized spacial score (nSPS) is 31.6. The Morgan fingerprint density at radius 2 is 1.84 bits per heavy atom.